The molecule has 0 amide bonds. The van der Waals surface area contributed by atoms with E-state index in [2.05, 4.69) is 30.3 Å². The lowest BCUT2D eigenvalue weighted by atomic mass is 10.0. The second-order valence-electron chi connectivity index (χ2n) is 16.1. The molecule has 3 saturated heterocycles. The Labute approximate surface area is 349 Å². The molecule has 0 saturated carbocycles. The maximum atomic E-state index is 15.4. The summed E-state index contributed by atoms with van der Waals surface area (Å²) in [4.78, 5) is 35.4. The quantitative estimate of drug-likeness (QED) is 0.0922. The van der Waals surface area contributed by atoms with Gasteiger partial charge < -0.3 is 18.9 Å². The first-order chi connectivity index (χ1) is 29.5. The molecule has 3 fully saturated rings. The minimum Gasteiger partial charge on any atom is -0.342 e. The van der Waals surface area contributed by atoms with Gasteiger partial charge in [0.15, 0.2) is 0 Å². The third-order valence-corrected chi connectivity index (χ3v) is 18.5. The number of nitrogens with one attached hydrogen (secondary N) is 2. The summed E-state index contributed by atoms with van der Waals surface area (Å²) in [6.45, 7) is 3.91. The van der Waals surface area contributed by atoms with Crippen LogP contribution >= 0.6 is 14.3 Å². The molecule has 4 aromatic carbocycles. The van der Waals surface area contributed by atoms with Crippen LogP contribution in [0.2, 0.25) is 0 Å². The summed E-state index contributed by atoms with van der Waals surface area (Å²) >= 11 is 0. The van der Waals surface area contributed by atoms with Gasteiger partial charge in [0.2, 0.25) is 12.2 Å². The highest BCUT2D eigenvalue weighted by Crippen LogP contribution is 2.48. The summed E-state index contributed by atoms with van der Waals surface area (Å²) in [6.07, 6.45) is 4.62. The number of halogens is 2. The second-order valence-corrected chi connectivity index (χ2v) is 22.4. The molecule has 3 aliphatic heterocycles. The Morgan fingerprint density at radius 2 is 1.16 bits per heavy atom. The summed E-state index contributed by atoms with van der Waals surface area (Å²) in [5, 5.41) is 25.8. The fourth-order valence-electron chi connectivity index (χ4n) is 8.77. The topological polar surface area (TPSA) is 172 Å². The number of aliphatic imine (C=N–C) groups is 1. The smallest absolute Gasteiger partial charge is 0.272 e. The first-order valence-corrected chi connectivity index (χ1v) is 24.6. The number of H-pyrrole nitrogens is 2. The number of aromatic nitrogens is 4. The average molecular weight is 862 g/mol. The second kappa shape index (κ2) is 16.6. The number of likely N-dealkylation sites (tertiary alicyclic amines) is 1. The fraction of sp³-hybridized carbons (Fsp3) is 0.318. The number of guanidine groups is 1. The van der Waals surface area contributed by atoms with Crippen molar-refractivity contribution in [3.05, 3.63) is 139 Å². The molecule has 3 aliphatic rings. The van der Waals surface area contributed by atoms with E-state index in [9.17, 15) is 24.0 Å². The number of aromatic amines is 2. The van der Waals surface area contributed by atoms with Crippen LogP contribution in [-0.4, -0.2) is 105 Å². The molecule has 0 bridgehead atoms. The van der Waals surface area contributed by atoms with Crippen molar-refractivity contribution in [3.63, 3.8) is 0 Å². The standard InChI is InChI=1S/C44H43F2N9O4P2/c45-36-10-7-29(23-38-32-4-1-2-5-33(32)42(56)51-49-38)25-40(36)60(58)18-14-53(15-19-60)27-31-6-9-34-35(22-31)39(50-52-43(34)57)24-30-8-11-37(46)41(26-30)61(59)20-16-55(17-21-61)44(48-28-47)54-12-3-13-54/h1-2,4-11,22,25-26H,3,12-21,23-24,27H2,(H,51,56)(H,52,57)/b48-44+. The predicted molar refractivity (Wildman–Crippen MR) is 233 cm³/mol. The lowest BCUT2D eigenvalue weighted by Crippen LogP contribution is -2.53. The Morgan fingerprint density at radius 3 is 1.72 bits per heavy atom. The van der Waals surface area contributed by atoms with Crippen molar-refractivity contribution >= 4 is 52.4 Å². The molecule has 312 valence electrons. The van der Waals surface area contributed by atoms with Crippen molar-refractivity contribution in [2.45, 2.75) is 25.8 Å². The monoisotopic (exact) mass is 861 g/mol. The summed E-state index contributed by atoms with van der Waals surface area (Å²) in [5.41, 5.74) is 2.97. The number of hydrogen-bond acceptors (Lipinski definition) is 9. The zero-order chi connectivity index (χ0) is 42.3. The van der Waals surface area contributed by atoms with E-state index < -0.39 is 25.9 Å². The molecule has 9 rings (SSSR count). The van der Waals surface area contributed by atoms with Crippen LogP contribution in [0.15, 0.2) is 93.4 Å². The van der Waals surface area contributed by atoms with Gasteiger partial charge in [-0.1, -0.05) is 36.4 Å². The van der Waals surface area contributed by atoms with Crippen LogP contribution in [0, 0.1) is 23.1 Å². The van der Waals surface area contributed by atoms with E-state index in [0.717, 1.165) is 30.6 Å². The minimum atomic E-state index is -3.11. The molecular weight excluding hydrogens is 818 g/mol. The van der Waals surface area contributed by atoms with E-state index in [1.807, 2.05) is 40.3 Å². The molecule has 0 radical (unpaired) electrons. The van der Waals surface area contributed by atoms with Crippen LogP contribution in [-0.2, 0) is 28.5 Å². The van der Waals surface area contributed by atoms with Gasteiger partial charge in [0, 0.05) is 105 Å². The summed E-state index contributed by atoms with van der Waals surface area (Å²) in [5.74, 6) is -0.424. The van der Waals surface area contributed by atoms with Gasteiger partial charge in [-0.2, -0.15) is 15.5 Å². The van der Waals surface area contributed by atoms with Crippen molar-refractivity contribution in [1.82, 2.24) is 35.1 Å². The zero-order valence-corrected chi connectivity index (χ0v) is 35.1. The molecule has 13 nitrogen and oxygen atoms in total. The van der Waals surface area contributed by atoms with Crippen molar-refractivity contribution in [1.29, 1.82) is 5.26 Å². The number of benzene rings is 4. The molecule has 0 unspecified atom stereocenters. The highest BCUT2D eigenvalue weighted by atomic mass is 31.2. The van der Waals surface area contributed by atoms with Gasteiger partial charge >= 0.3 is 0 Å². The van der Waals surface area contributed by atoms with Gasteiger partial charge in [-0.25, -0.2) is 19.0 Å². The third-order valence-electron chi connectivity index (χ3n) is 12.3. The molecule has 2 aromatic heterocycles. The molecule has 6 aromatic rings. The highest BCUT2D eigenvalue weighted by molar-refractivity contribution is 7.72. The molecule has 61 heavy (non-hydrogen) atoms. The Morgan fingerprint density at radius 1 is 0.656 bits per heavy atom. The van der Waals surface area contributed by atoms with Crippen molar-refractivity contribution in [2.24, 2.45) is 4.99 Å². The van der Waals surface area contributed by atoms with Gasteiger partial charge in [0.1, 0.15) is 25.9 Å². The van der Waals surface area contributed by atoms with Crippen LogP contribution in [0.1, 0.15) is 34.5 Å². The lowest BCUT2D eigenvalue weighted by molar-refractivity contribution is 0.251. The molecule has 2 N–H and O–H groups in total. The van der Waals surface area contributed by atoms with E-state index in [4.69, 9.17) is 0 Å². The minimum absolute atomic E-state index is 0.204. The molecular formula is C44H43F2N9O4P2. The van der Waals surface area contributed by atoms with E-state index in [-0.39, 0.29) is 40.5 Å². The van der Waals surface area contributed by atoms with E-state index in [1.165, 1.54) is 12.1 Å². The first-order valence-electron chi connectivity index (χ1n) is 20.4. The fourth-order valence-corrected chi connectivity index (χ4v) is 14.3. The molecule has 0 atom stereocenters. The molecule has 17 heteroatoms. The van der Waals surface area contributed by atoms with Gasteiger partial charge in [0.25, 0.3) is 11.1 Å². The third kappa shape index (κ3) is 8.08. The van der Waals surface area contributed by atoms with E-state index in [1.54, 1.807) is 42.5 Å². The van der Waals surface area contributed by atoms with Gasteiger partial charge in [-0.3, -0.25) is 14.5 Å². The van der Waals surface area contributed by atoms with Crippen molar-refractivity contribution in [3.8, 4) is 6.19 Å². The van der Waals surface area contributed by atoms with Crippen LogP contribution in [0.3, 0.4) is 0 Å². The largest absolute Gasteiger partial charge is 0.342 e. The Balaban J connectivity index is 0.890. The number of rotatable bonds is 8. The molecule has 5 heterocycles. The zero-order valence-electron chi connectivity index (χ0n) is 33.3. The highest BCUT2D eigenvalue weighted by Gasteiger charge is 2.36. The van der Waals surface area contributed by atoms with Crippen molar-refractivity contribution < 1.29 is 17.9 Å². The van der Waals surface area contributed by atoms with Gasteiger partial charge in [-0.05, 0) is 65.6 Å². The average Bonchev–Trinajstić information content (AvgIpc) is 3.24. The number of fused-ring (bicyclic) bond motifs is 2. The van der Waals surface area contributed by atoms with Gasteiger partial charge in [-0.15, -0.1) is 4.99 Å². The molecule has 0 aliphatic carbocycles. The van der Waals surface area contributed by atoms with Crippen LogP contribution in [0.4, 0.5) is 8.78 Å². The Kier molecular flexibility index (Phi) is 11.0. The van der Waals surface area contributed by atoms with Crippen LogP contribution in [0.25, 0.3) is 21.5 Å². The van der Waals surface area contributed by atoms with Crippen LogP contribution < -0.4 is 21.7 Å². The van der Waals surface area contributed by atoms with Crippen molar-refractivity contribution in [2.75, 3.05) is 63.9 Å². The van der Waals surface area contributed by atoms with E-state index >= 15 is 8.78 Å². The maximum Gasteiger partial charge on any atom is 0.272 e. The lowest BCUT2D eigenvalue weighted by Gasteiger charge is -2.41. The SMILES string of the molecule is N#C/N=C(\N1CCC1)N1CCP(=O)(c2cc(Cc3n[nH]c(=O)c4ccc(CN5CCP(=O)(c6cc(Cc7n[nH]c(=O)c8ccccc78)ccc6F)CC5)cc34)ccc2F)CC1. The van der Waals surface area contributed by atoms with Crippen LogP contribution in [0.5, 0.6) is 0 Å². The normalized spacial score (nSPS) is 18.0. The van der Waals surface area contributed by atoms with E-state index in [0.29, 0.717) is 95.9 Å². The molecule has 0 spiro atoms. The summed E-state index contributed by atoms with van der Waals surface area (Å²) in [6, 6.07) is 22.1. The first kappa shape index (κ1) is 40.6. The maximum absolute atomic E-state index is 15.4. The Hall–Kier alpha value is -5.80. The number of nitriles is 1. The Bertz CT molecular complexity index is 2970. The predicted octanol–water partition coefficient (Wildman–Crippen LogP) is 4.97. The van der Waals surface area contributed by atoms with Gasteiger partial charge in [0.05, 0.1) is 22.2 Å². The summed E-state index contributed by atoms with van der Waals surface area (Å²) in [7, 11) is -6.19. The summed E-state index contributed by atoms with van der Waals surface area (Å²) < 4.78 is 59.5. The number of hydrogen-bond donors (Lipinski definition) is 2. The number of nitrogens with zero attached hydrogens (tertiary/aromatic N) is 7.